The minimum atomic E-state index is -0.448. The molecule has 0 bridgehead atoms. The van der Waals surface area contributed by atoms with E-state index >= 15 is 0 Å². The lowest BCUT2D eigenvalue weighted by molar-refractivity contribution is -0.384. The fourth-order valence-electron chi connectivity index (χ4n) is 3.21. The molecule has 4 rings (SSSR count). The van der Waals surface area contributed by atoms with Crippen molar-refractivity contribution in [3.63, 3.8) is 0 Å². The highest BCUT2D eigenvalue weighted by Gasteiger charge is 2.13. The van der Waals surface area contributed by atoms with E-state index in [1.807, 2.05) is 31.2 Å². The Morgan fingerprint density at radius 3 is 2.33 bits per heavy atom. The smallest absolute Gasteiger partial charge is 0.269 e. The number of non-ortho nitro benzene ring substituents is 1. The Morgan fingerprint density at radius 2 is 1.64 bits per heavy atom. The molecular formula is C24H21N5O4. The zero-order valence-electron chi connectivity index (χ0n) is 17.8. The van der Waals surface area contributed by atoms with E-state index in [1.54, 1.807) is 36.4 Å². The molecule has 9 nitrogen and oxygen atoms in total. The molecular weight excluding hydrogens is 422 g/mol. The highest BCUT2D eigenvalue weighted by atomic mass is 16.6. The van der Waals surface area contributed by atoms with Gasteiger partial charge in [-0.15, -0.1) is 10.2 Å². The maximum atomic E-state index is 12.4. The van der Waals surface area contributed by atoms with E-state index in [9.17, 15) is 14.9 Å². The molecule has 3 aromatic carbocycles. The number of carbonyl (C=O) groups excluding carboxylic acids is 1. The molecule has 1 amide bonds. The molecule has 0 aliphatic rings. The van der Waals surface area contributed by atoms with Crippen LogP contribution in [0, 0.1) is 17.0 Å². The SMILES string of the molecule is Cc1ccccc1-c1nnc(-c2ccc(C(=O)NCCNc3ccc([N+](=O)[O-])cc3)cc2)o1. The lowest BCUT2D eigenvalue weighted by Gasteiger charge is -2.08. The van der Waals surface area contributed by atoms with Gasteiger partial charge >= 0.3 is 0 Å². The molecule has 1 heterocycles. The van der Waals surface area contributed by atoms with Gasteiger partial charge in [-0.25, -0.2) is 0 Å². The molecule has 2 N–H and O–H groups in total. The number of nitrogens with zero attached hydrogens (tertiary/aromatic N) is 3. The van der Waals surface area contributed by atoms with Gasteiger partial charge in [0.15, 0.2) is 0 Å². The standard InChI is InChI=1S/C24H21N5O4/c1-16-4-2-3-5-21(16)24-28-27-23(33-24)18-8-6-17(7-9-18)22(30)26-15-14-25-19-10-12-20(13-11-19)29(31)32/h2-13,25H,14-15H2,1H3,(H,26,30). The van der Waals surface area contributed by atoms with Crippen molar-refractivity contribution in [2.75, 3.05) is 18.4 Å². The average molecular weight is 443 g/mol. The Hall–Kier alpha value is -4.53. The number of benzene rings is 3. The van der Waals surface area contributed by atoms with Gasteiger partial charge in [0, 0.05) is 47.6 Å². The number of anilines is 1. The summed E-state index contributed by atoms with van der Waals surface area (Å²) in [6.45, 7) is 2.85. The van der Waals surface area contributed by atoms with Crippen molar-refractivity contribution in [1.82, 2.24) is 15.5 Å². The minimum absolute atomic E-state index is 0.0317. The molecule has 0 fully saturated rings. The summed E-state index contributed by atoms with van der Waals surface area (Å²) in [5.41, 5.74) is 3.93. The van der Waals surface area contributed by atoms with Gasteiger partial charge in [-0.1, -0.05) is 18.2 Å². The first kappa shape index (κ1) is 21.7. The van der Waals surface area contributed by atoms with Crippen molar-refractivity contribution in [1.29, 1.82) is 0 Å². The van der Waals surface area contributed by atoms with E-state index in [2.05, 4.69) is 20.8 Å². The van der Waals surface area contributed by atoms with Crippen LogP contribution in [0.4, 0.5) is 11.4 Å². The first-order valence-corrected chi connectivity index (χ1v) is 10.3. The highest BCUT2D eigenvalue weighted by molar-refractivity contribution is 5.94. The van der Waals surface area contributed by atoms with Gasteiger partial charge < -0.3 is 15.1 Å². The van der Waals surface area contributed by atoms with Crippen molar-refractivity contribution in [2.24, 2.45) is 0 Å². The van der Waals surface area contributed by atoms with Crippen LogP contribution in [0.5, 0.6) is 0 Å². The normalized spacial score (nSPS) is 10.6. The van der Waals surface area contributed by atoms with E-state index in [4.69, 9.17) is 4.42 Å². The maximum Gasteiger partial charge on any atom is 0.269 e. The molecule has 0 atom stereocenters. The largest absolute Gasteiger partial charge is 0.416 e. The van der Waals surface area contributed by atoms with Gasteiger partial charge in [0.05, 0.1) is 4.92 Å². The second-order valence-electron chi connectivity index (χ2n) is 7.29. The van der Waals surface area contributed by atoms with Gasteiger partial charge in [0.2, 0.25) is 11.8 Å². The van der Waals surface area contributed by atoms with Crippen molar-refractivity contribution < 1.29 is 14.1 Å². The molecule has 0 unspecified atom stereocenters. The monoisotopic (exact) mass is 443 g/mol. The second kappa shape index (κ2) is 9.73. The molecule has 166 valence electrons. The third-order valence-corrected chi connectivity index (χ3v) is 5.01. The number of nitrogens with one attached hydrogen (secondary N) is 2. The van der Waals surface area contributed by atoms with Gasteiger partial charge in [-0.3, -0.25) is 14.9 Å². The first-order chi connectivity index (χ1) is 16.0. The van der Waals surface area contributed by atoms with Crippen LogP contribution >= 0.6 is 0 Å². The third-order valence-electron chi connectivity index (χ3n) is 5.01. The van der Waals surface area contributed by atoms with Crippen molar-refractivity contribution >= 4 is 17.3 Å². The number of aryl methyl sites for hydroxylation is 1. The molecule has 0 saturated carbocycles. The predicted octanol–water partition coefficient (Wildman–Crippen LogP) is 4.46. The topological polar surface area (TPSA) is 123 Å². The maximum absolute atomic E-state index is 12.4. The summed E-state index contributed by atoms with van der Waals surface area (Å²) in [7, 11) is 0. The lowest BCUT2D eigenvalue weighted by atomic mass is 10.1. The van der Waals surface area contributed by atoms with Crippen LogP contribution in [-0.2, 0) is 0 Å². The Kier molecular flexibility index (Phi) is 6.40. The van der Waals surface area contributed by atoms with Gasteiger partial charge in [-0.2, -0.15) is 0 Å². The summed E-state index contributed by atoms with van der Waals surface area (Å²) in [5, 5.41) is 24.9. The van der Waals surface area contributed by atoms with Crippen molar-refractivity contribution in [3.05, 3.63) is 94.0 Å². The summed E-state index contributed by atoms with van der Waals surface area (Å²) in [6, 6.07) is 20.8. The quantitative estimate of drug-likeness (QED) is 0.234. The average Bonchev–Trinajstić information content (AvgIpc) is 3.32. The summed E-state index contributed by atoms with van der Waals surface area (Å²) in [4.78, 5) is 22.6. The summed E-state index contributed by atoms with van der Waals surface area (Å²) >= 11 is 0. The Labute approximate surface area is 189 Å². The molecule has 33 heavy (non-hydrogen) atoms. The van der Waals surface area contributed by atoms with Crippen LogP contribution in [0.1, 0.15) is 15.9 Å². The Bertz CT molecular complexity index is 1270. The molecule has 9 heteroatoms. The van der Waals surface area contributed by atoms with Crippen LogP contribution in [-0.4, -0.2) is 34.1 Å². The second-order valence-corrected chi connectivity index (χ2v) is 7.29. The van der Waals surface area contributed by atoms with Crippen molar-refractivity contribution in [2.45, 2.75) is 6.92 Å². The van der Waals surface area contributed by atoms with E-state index in [0.29, 0.717) is 30.4 Å². The fraction of sp³-hybridized carbons (Fsp3) is 0.125. The van der Waals surface area contributed by atoms with Crippen molar-refractivity contribution in [3.8, 4) is 22.9 Å². The molecule has 0 aliphatic heterocycles. The van der Waals surface area contributed by atoms with E-state index in [1.165, 1.54) is 12.1 Å². The minimum Gasteiger partial charge on any atom is -0.416 e. The van der Waals surface area contributed by atoms with Gasteiger partial charge in [-0.05, 0) is 55.0 Å². The zero-order chi connectivity index (χ0) is 23.2. The Balaban J connectivity index is 1.30. The number of rotatable bonds is 8. The van der Waals surface area contributed by atoms with Crippen LogP contribution < -0.4 is 10.6 Å². The summed E-state index contributed by atoms with van der Waals surface area (Å²) < 4.78 is 5.81. The van der Waals surface area contributed by atoms with Crippen LogP contribution in [0.3, 0.4) is 0 Å². The number of hydrogen-bond acceptors (Lipinski definition) is 7. The van der Waals surface area contributed by atoms with E-state index in [-0.39, 0.29) is 11.6 Å². The number of hydrogen-bond donors (Lipinski definition) is 2. The van der Waals surface area contributed by atoms with E-state index in [0.717, 1.165) is 22.4 Å². The zero-order valence-corrected chi connectivity index (χ0v) is 17.8. The van der Waals surface area contributed by atoms with Crippen LogP contribution in [0.15, 0.2) is 77.2 Å². The molecule has 0 aliphatic carbocycles. The predicted molar refractivity (Wildman–Crippen MR) is 124 cm³/mol. The van der Waals surface area contributed by atoms with Gasteiger partial charge in [0.1, 0.15) is 0 Å². The van der Waals surface area contributed by atoms with E-state index < -0.39 is 4.92 Å². The van der Waals surface area contributed by atoms with Gasteiger partial charge in [0.25, 0.3) is 11.6 Å². The van der Waals surface area contributed by atoms with Crippen LogP contribution in [0.2, 0.25) is 0 Å². The number of nitro benzene ring substituents is 1. The summed E-state index contributed by atoms with van der Waals surface area (Å²) in [5.74, 6) is 0.621. The number of aromatic nitrogens is 2. The fourth-order valence-corrected chi connectivity index (χ4v) is 3.21. The lowest BCUT2D eigenvalue weighted by Crippen LogP contribution is -2.28. The summed E-state index contributed by atoms with van der Waals surface area (Å²) in [6.07, 6.45) is 0. The first-order valence-electron chi connectivity index (χ1n) is 10.3. The number of carbonyl (C=O) groups is 1. The molecule has 1 aromatic heterocycles. The number of nitro groups is 1. The molecule has 0 radical (unpaired) electrons. The molecule has 0 saturated heterocycles. The molecule has 4 aromatic rings. The number of amides is 1. The van der Waals surface area contributed by atoms with Crippen LogP contribution in [0.25, 0.3) is 22.9 Å². The third kappa shape index (κ3) is 5.21. The molecule has 0 spiro atoms. The Morgan fingerprint density at radius 1 is 0.939 bits per heavy atom. The highest BCUT2D eigenvalue weighted by Crippen LogP contribution is 2.26.